The number of hydrazine groups is 1. The van der Waals surface area contributed by atoms with Gasteiger partial charge in [-0.1, -0.05) is 42.1 Å². The van der Waals surface area contributed by atoms with Gasteiger partial charge < -0.3 is 5.11 Å². The van der Waals surface area contributed by atoms with E-state index in [1.165, 1.54) is 30.3 Å². The maximum atomic E-state index is 12.6. The van der Waals surface area contributed by atoms with E-state index < -0.39 is 10.8 Å². The van der Waals surface area contributed by atoms with E-state index in [1.807, 2.05) is 0 Å². The summed E-state index contributed by atoms with van der Waals surface area (Å²) >= 11 is 6.23. The minimum Gasteiger partial charge on any atom is -0.507 e. The number of nitro benzene ring substituents is 1. The van der Waals surface area contributed by atoms with Gasteiger partial charge in [0.25, 0.3) is 11.6 Å². The Morgan fingerprint density at radius 2 is 1.88 bits per heavy atom. The number of thioether (sulfide) groups is 1. The molecule has 0 spiro atoms. The number of anilines is 1. The molecule has 2 aromatic rings. The average Bonchev–Trinajstić information content (AvgIpc) is 2.85. The largest absolute Gasteiger partial charge is 0.507 e. The number of aromatic hydroxyl groups is 1. The summed E-state index contributed by atoms with van der Waals surface area (Å²) in [5.74, 6) is -0.407. The third kappa shape index (κ3) is 3.47. The second-order valence-corrected chi connectivity index (χ2v) is 6.64. The van der Waals surface area contributed by atoms with Crippen LogP contribution in [-0.4, -0.2) is 25.3 Å². The summed E-state index contributed by atoms with van der Waals surface area (Å²) in [5, 5.41) is 22.0. The number of amides is 1. The lowest BCUT2D eigenvalue weighted by atomic mass is 10.2. The van der Waals surface area contributed by atoms with E-state index in [1.54, 1.807) is 24.3 Å². The molecule has 0 aliphatic carbocycles. The highest BCUT2D eigenvalue weighted by Crippen LogP contribution is 2.35. The van der Waals surface area contributed by atoms with Crippen molar-refractivity contribution < 1.29 is 14.8 Å². The Labute approximate surface area is 152 Å². The van der Waals surface area contributed by atoms with Gasteiger partial charge in [0, 0.05) is 11.6 Å². The molecule has 0 bridgehead atoms. The summed E-state index contributed by atoms with van der Waals surface area (Å²) in [4.78, 5) is 23.4. The number of hydrogen-bond donors (Lipinski definition) is 2. The summed E-state index contributed by atoms with van der Waals surface area (Å²) in [6.45, 7) is 0. The number of carbonyl (C=O) groups excluding carboxylic acids is 1. The molecule has 0 unspecified atom stereocenters. The molecular weight excluding hydrogens is 362 g/mol. The molecule has 1 amide bonds. The maximum Gasteiger partial charge on any atom is 0.294 e. The molecule has 7 nitrogen and oxygen atoms in total. The molecule has 2 N–H and O–H groups in total. The normalized spacial score (nSPS) is 15.7. The van der Waals surface area contributed by atoms with Crippen molar-refractivity contribution in [1.82, 2.24) is 5.01 Å². The number of rotatable bonds is 4. The van der Waals surface area contributed by atoms with E-state index in [-0.39, 0.29) is 21.4 Å². The molecule has 1 aliphatic rings. The Bertz CT molecular complexity index is 914. The number of nitrogens with zero attached hydrogens (tertiary/aromatic N) is 2. The molecule has 1 aliphatic heterocycles. The lowest BCUT2D eigenvalue weighted by Crippen LogP contribution is -2.34. The number of benzene rings is 2. The van der Waals surface area contributed by atoms with E-state index >= 15 is 0 Å². The third-order valence-electron chi connectivity index (χ3n) is 3.35. The quantitative estimate of drug-likeness (QED) is 0.366. The Morgan fingerprint density at radius 1 is 1.20 bits per heavy atom. The highest BCUT2D eigenvalue weighted by Gasteiger charge is 2.33. The summed E-state index contributed by atoms with van der Waals surface area (Å²) in [5.41, 5.74) is 3.17. The average molecular weight is 373 g/mol. The molecule has 0 radical (unpaired) electrons. The zero-order chi connectivity index (χ0) is 18.0. The summed E-state index contributed by atoms with van der Waals surface area (Å²) < 4.78 is 0.213. The van der Waals surface area contributed by atoms with Gasteiger partial charge in [-0.25, -0.2) is 5.01 Å². The number of phenols is 1. The highest BCUT2D eigenvalue weighted by molar-refractivity contribution is 8.26. The van der Waals surface area contributed by atoms with Crippen molar-refractivity contribution >= 4 is 51.7 Å². The summed E-state index contributed by atoms with van der Waals surface area (Å²) in [6.07, 6.45) is 1.52. The van der Waals surface area contributed by atoms with E-state index in [0.717, 1.165) is 16.8 Å². The Morgan fingerprint density at radius 3 is 2.60 bits per heavy atom. The van der Waals surface area contributed by atoms with Crippen molar-refractivity contribution in [3.8, 4) is 5.75 Å². The molecule has 0 saturated carbocycles. The van der Waals surface area contributed by atoms with E-state index in [9.17, 15) is 20.0 Å². The first kappa shape index (κ1) is 16.9. The Hall–Kier alpha value is -2.91. The first-order chi connectivity index (χ1) is 12.0. The van der Waals surface area contributed by atoms with Gasteiger partial charge in [0.2, 0.25) is 0 Å². The van der Waals surface area contributed by atoms with Gasteiger partial charge in [0.05, 0.1) is 9.83 Å². The highest BCUT2D eigenvalue weighted by atomic mass is 32.2. The van der Waals surface area contributed by atoms with Crippen LogP contribution in [0.2, 0.25) is 0 Å². The van der Waals surface area contributed by atoms with Crippen molar-refractivity contribution in [2.24, 2.45) is 0 Å². The fraction of sp³-hybridized carbons (Fsp3) is 0. The van der Waals surface area contributed by atoms with Crippen LogP contribution in [0.15, 0.2) is 53.4 Å². The first-order valence-electron chi connectivity index (χ1n) is 7.03. The number of thiocarbonyl (C=S) groups is 1. The predicted molar refractivity (Wildman–Crippen MR) is 99.8 cm³/mol. The van der Waals surface area contributed by atoms with Gasteiger partial charge in [-0.3, -0.25) is 20.3 Å². The smallest absolute Gasteiger partial charge is 0.294 e. The zero-order valence-corrected chi connectivity index (χ0v) is 14.2. The molecule has 1 heterocycles. The fourth-order valence-corrected chi connectivity index (χ4v) is 3.33. The molecule has 0 atom stereocenters. The lowest BCUT2D eigenvalue weighted by molar-refractivity contribution is -0.384. The fourth-order valence-electron chi connectivity index (χ4n) is 2.16. The van der Waals surface area contributed by atoms with Gasteiger partial charge >= 0.3 is 0 Å². The second kappa shape index (κ2) is 6.91. The number of nitro groups is 1. The number of hydrogen-bond acceptors (Lipinski definition) is 7. The standard InChI is InChI=1S/C16H11N3O4S2/c20-13-8-4-1-5-10(13)9-14-15(21)18(16(24)25-14)17-11-6-2-3-7-12(11)19(22)23/h1-9,17,20H/b14-9+. The lowest BCUT2D eigenvalue weighted by Gasteiger charge is -2.16. The van der Waals surface area contributed by atoms with Crippen molar-refractivity contribution in [3.05, 3.63) is 69.1 Å². The van der Waals surface area contributed by atoms with Crippen molar-refractivity contribution in [1.29, 1.82) is 0 Å². The molecule has 3 rings (SSSR count). The van der Waals surface area contributed by atoms with Crippen molar-refractivity contribution in [2.75, 3.05) is 5.43 Å². The minimum absolute atomic E-state index is 0.0411. The molecule has 1 saturated heterocycles. The van der Waals surface area contributed by atoms with Crippen LogP contribution < -0.4 is 5.43 Å². The van der Waals surface area contributed by atoms with Crippen LogP contribution in [0.5, 0.6) is 5.75 Å². The number of phenolic OH excluding ortho intramolecular Hbond substituents is 1. The van der Waals surface area contributed by atoms with Gasteiger partial charge in [-0.2, -0.15) is 0 Å². The molecule has 25 heavy (non-hydrogen) atoms. The van der Waals surface area contributed by atoms with Gasteiger partial charge in [0.15, 0.2) is 4.32 Å². The van der Waals surface area contributed by atoms with Crippen LogP contribution in [0.1, 0.15) is 5.56 Å². The minimum atomic E-state index is -0.544. The van der Waals surface area contributed by atoms with Gasteiger partial charge in [-0.15, -0.1) is 0 Å². The van der Waals surface area contributed by atoms with Crippen LogP contribution >= 0.6 is 24.0 Å². The summed E-state index contributed by atoms with van der Waals surface area (Å²) in [7, 11) is 0. The monoisotopic (exact) mass is 373 g/mol. The molecule has 2 aromatic carbocycles. The first-order valence-corrected chi connectivity index (χ1v) is 8.26. The van der Waals surface area contributed by atoms with Gasteiger partial charge in [-0.05, 0) is 30.4 Å². The van der Waals surface area contributed by atoms with E-state index in [4.69, 9.17) is 12.2 Å². The van der Waals surface area contributed by atoms with Crippen molar-refractivity contribution in [3.63, 3.8) is 0 Å². The number of nitrogens with one attached hydrogen (secondary N) is 1. The molecule has 0 aromatic heterocycles. The second-order valence-electron chi connectivity index (χ2n) is 4.96. The van der Waals surface area contributed by atoms with Crippen molar-refractivity contribution in [2.45, 2.75) is 0 Å². The van der Waals surface area contributed by atoms with E-state index in [0.29, 0.717) is 10.5 Å². The van der Waals surface area contributed by atoms with Crippen LogP contribution in [0.25, 0.3) is 6.08 Å². The van der Waals surface area contributed by atoms with Gasteiger partial charge in [0.1, 0.15) is 11.4 Å². The van der Waals surface area contributed by atoms with E-state index in [2.05, 4.69) is 5.43 Å². The molecular formula is C16H11N3O4S2. The third-order valence-corrected chi connectivity index (χ3v) is 4.65. The molecule has 126 valence electrons. The number of para-hydroxylation sites is 3. The maximum absolute atomic E-state index is 12.6. The Balaban J connectivity index is 1.88. The topological polar surface area (TPSA) is 95.7 Å². The van der Waals surface area contributed by atoms with Crippen LogP contribution in [0, 0.1) is 10.1 Å². The molecule has 9 heteroatoms. The number of carbonyl (C=O) groups is 1. The molecule has 1 fully saturated rings. The van der Waals surface area contributed by atoms with Crippen LogP contribution in [0.4, 0.5) is 11.4 Å². The SMILES string of the molecule is O=C1/C(=C\c2ccccc2O)SC(=S)N1Nc1ccccc1[N+](=O)[O-]. The Kier molecular flexibility index (Phi) is 4.68. The predicted octanol–water partition coefficient (Wildman–Crippen LogP) is 3.53. The summed E-state index contributed by atoms with van der Waals surface area (Å²) in [6, 6.07) is 12.6. The van der Waals surface area contributed by atoms with Crippen LogP contribution in [-0.2, 0) is 4.79 Å². The zero-order valence-electron chi connectivity index (χ0n) is 12.6. The van der Waals surface area contributed by atoms with Crippen LogP contribution in [0.3, 0.4) is 0 Å².